The molecular weight excluding hydrogens is 454 g/mol. The normalized spacial score (nSPS) is 18.3. The summed E-state index contributed by atoms with van der Waals surface area (Å²) in [5, 5.41) is 0. The Morgan fingerprint density at radius 2 is 1.67 bits per heavy atom. The molecular formula is C25H31N3O3S2. The van der Waals surface area contributed by atoms with E-state index in [1.807, 2.05) is 29.4 Å². The molecule has 6 nitrogen and oxygen atoms in total. The van der Waals surface area contributed by atoms with Gasteiger partial charge in [-0.1, -0.05) is 42.5 Å². The van der Waals surface area contributed by atoms with Gasteiger partial charge in [0.2, 0.25) is 10.0 Å². The van der Waals surface area contributed by atoms with E-state index in [-0.39, 0.29) is 10.8 Å². The zero-order valence-corrected chi connectivity index (χ0v) is 20.7. The fourth-order valence-electron chi connectivity index (χ4n) is 4.31. The lowest BCUT2D eigenvalue weighted by Gasteiger charge is -2.33. The lowest BCUT2D eigenvalue weighted by Crippen LogP contribution is -2.48. The molecule has 8 heteroatoms. The van der Waals surface area contributed by atoms with Crippen LogP contribution in [0.15, 0.2) is 64.4 Å². The predicted molar refractivity (Wildman–Crippen MR) is 134 cm³/mol. The van der Waals surface area contributed by atoms with Crippen LogP contribution in [0, 0.1) is 0 Å². The van der Waals surface area contributed by atoms with Crippen molar-refractivity contribution in [3.8, 4) is 0 Å². The van der Waals surface area contributed by atoms with E-state index in [4.69, 9.17) is 0 Å². The average molecular weight is 486 g/mol. The highest BCUT2D eigenvalue weighted by molar-refractivity contribution is 7.98. The fraction of sp³-hybridized carbons (Fsp3) is 0.400. The number of benzene rings is 2. The first-order valence-corrected chi connectivity index (χ1v) is 14.1. The molecule has 0 atom stereocenters. The first-order chi connectivity index (χ1) is 16.0. The van der Waals surface area contributed by atoms with Crippen LogP contribution in [0.5, 0.6) is 0 Å². The number of likely N-dealkylation sites (tertiary alicyclic amines) is 1. The van der Waals surface area contributed by atoms with Crippen LogP contribution in [-0.4, -0.2) is 80.5 Å². The molecule has 0 aromatic heterocycles. The van der Waals surface area contributed by atoms with Gasteiger partial charge in [0.15, 0.2) is 0 Å². The molecule has 2 aromatic carbocycles. The summed E-state index contributed by atoms with van der Waals surface area (Å²) in [5.41, 5.74) is 1.65. The Hall–Kier alpha value is -2.13. The lowest BCUT2D eigenvalue weighted by atomic mass is 10.2. The second kappa shape index (κ2) is 10.9. The van der Waals surface area contributed by atoms with Gasteiger partial charge < -0.3 is 4.90 Å². The first kappa shape index (κ1) is 24.0. The van der Waals surface area contributed by atoms with Crippen LogP contribution in [0.1, 0.15) is 28.8 Å². The Labute approximate surface area is 201 Å². The van der Waals surface area contributed by atoms with Gasteiger partial charge in [0.05, 0.1) is 10.5 Å². The second-order valence-corrected chi connectivity index (χ2v) is 11.2. The molecule has 2 saturated heterocycles. The number of rotatable bonds is 7. The quantitative estimate of drug-likeness (QED) is 0.560. The van der Waals surface area contributed by atoms with Crippen molar-refractivity contribution < 1.29 is 13.2 Å². The molecule has 0 aliphatic carbocycles. The van der Waals surface area contributed by atoms with E-state index in [0.29, 0.717) is 31.7 Å². The highest BCUT2D eigenvalue weighted by atomic mass is 32.2. The van der Waals surface area contributed by atoms with Gasteiger partial charge in [-0.3, -0.25) is 9.69 Å². The summed E-state index contributed by atoms with van der Waals surface area (Å²) in [4.78, 5) is 18.1. The monoisotopic (exact) mass is 485 g/mol. The molecule has 2 heterocycles. The van der Waals surface area contributed by atoms with Crippen molar-refractivity contribution in [1.82, 2.24) is 14.1 Å². The summed E-state index contributed by atoms with van der Waals surface area (Å²) in [6, 6.07) is 15.1. The number of hydrogen-bond acceptors (Lipinski definition) is 5. The van der Waals surface area contributed by atoms with Gasteiger partial charge in [0.1, 0.15) is 0 Å². The largest absolute Gasteiger partial charge is 0.339 e. The van der Waals surface area contributed by atoms with E-state index in [1.165, 1.54) is 11.8 Å². The third-order valence-corrected chi connectivity index (χ3v) is 8.93. The van der Waals surface area contributed by atoms with Crippen LogP contribution in [0.25, 0.3) is 6.08 Å². The molecule has 0 N–H and O–H groups in total. The van der Waals surface area contributed by atoms with Gasteiger partial charge in [-0.25, -0.2) is 8.42 Å². The van der Waals surface area contributed by atoms with Crippen LogP contribution < -0.4 is 0 Å². The SMILES string of the molecule is CSc1ccc(S(=O)(=O)N2CCN(C/C=C/c3ccccc3)CC2)cc1C(=O)N1CCCC1. The maximum Gasteiger partial charge on any atom is 0.255 e. The smallest absolute Gasteiger partial charge is 0.255 e. The summed E-state index contributed by atoms with van der Waals surface area (Å²) >= 11 is 1.47. The number of carbonyl (C=O) groups excluding carboxylic acids is 1. The molecule has 1 amide bonds. The van der Waals surface area contributed by atoms with Gasteiger partial charge in [0, 0.05) is 50.7 Å². The molecule has 2 aliphatic heterocycles. The van der Waals surface area contributed by atoms with Crippen molar-refractivity contribution in [3.05, 3.63) is 65.7 Å². The Morgan fingerprint density at radius 1 is 0.970 bits per heavy atom. The first-order valence-electron chi connectivity index (χ1n) is 11.4. The van der Waals surface area contributed by atoms with E-state index < -0.39 is 10.0 Å². The van der Waals surface area contributed by atoms with Crippen molar-refractivity contribution in [2.24, 2.45) is 0 Å². The number of sulfonamides is 1. The third-order valence-electron chi connectivity index (χ3n) is 6.24. The molecule has 0 saturated carbocycles. The summed E-state index contributed by atoms with van der Waals surface area (Å²) in [6.07, 6.45) is 8.13. The number of nitrogens with zero attached hydrogens (tertiary/aromatic N) is 3. The van der Waals surface area contributed by atoms with E-state index in [9.17, 15) is 13.2 Å². The van der Waals surface area contributed by atoms with Crippen LogP contribution >= 0.6 is 11.8 Å². The molecule has 2 aromatic rings. The molecule has 0 spiro atoms. The number of piperazine rings is 1. The Bertz CT molecular complexity index is 1090. The van der Waals surface area contributed by atoms with Crippen LogP contribution in [0.2, 0.25) is 0 Å². The summed E-state index contributed by atoms with van der Waals surface area (Å²) < 4.78 is 28.2. The molecule has 0 unspecified atom stereocenters. The molecule has 2 aliphatic rings. The third kappa shape index (κ3) is 5.69. The zero-order valence-electron chi connectivity index (χ0n) is 19.0. The standard InChI is InChI=1S/C25H31N3O3S2/c1-32-24-12-11-22(20-23(24)25(29)27-14-5-6-15-27)33(30,31)28-18-16-26(17-19-28)13-7-10-21-8-3-2-4-9-21/h2-4,7-12,20H,5-6,13-19H2,1H3/b10-7+. The molecule has 0 bridgehead atoms. The number of hydrogen-bond donors (Lipinski definition) is 0. The summed E-state index contributed by atoms with van der Waals surface area (Å²) in [7, 11) is -3.64. The van der Waals surface area contributed by atoms with Crippen LogP contribution in [-0.2, 0) is 10.0 Å². The molecule has 176 valence electrons. The summed E-state index contributed by atoms with van der Waals surface area (Å²) in [5.74, 6) is -0.0658. The van der Waals surface area contributed by atoms with E-state index in [1.54, 1.807) is 22.5 Å². The Morgan fingerprint density at radius 3 is 2.33 bits per heavy atom. The Kier molecular flexibility index (Phi) is 7.90. The maximum absolute atomic E-state index is 13.4. The molecule has 0 radical (unpaired) electrons. The molecule has 2 fully saturated rings. The van der Waals surface area contributed by atoms with Gasteiger partial charge in [-0.15, -0.1) is 11.8 Å². The number of amides is 1. The van der Waals surface area contributed by atoms with Crippen molar-refractivity contribution in [3.63, 3.8) is 0 Å². The van der Waals surface area contributed by atoms with Gasteiger partial charge in [-0.05, 0) is 42.9 Å². The highest BCUT2D eigenvalue weighted by Crippen LogP contribution is 2.28. The summed E-state index contributed by atoms with van der Waals surface area (Å²) in [6.45, 7) is 4.53. The van der Waals surface area contributed by atoms with Gasteiger partial charge >= 0.3 is 0 Å². The van der Waals surface area contributed by atoms with Crippen molar-refractivity contribution in [2.45, 2.75) is 22.6 Å². The van der Waals surface area contributed by atoms with Crippen LogP contribution in [0.4, 0.5) is 0 Å². The minimum absolute atomic E-state index is 0.0658. The maximum atomic E-state index is 13.4. The van der Waals surface area contributed by atoms with Crippen molar-refractivity contribution >= 4 is 33.8 Å². The van der Waals surface area contributed by atoms with Crippen LogP contribution in [0.3, 0.4) is 0 Å². The minimum atomic E-state index is -3.64. The highest BCUT2D eigenvalue weighted by Gasteiger charge is 2.30. The van der Waals surface area contributed by atoms with Crippen molar-refractivity contribution in [2.75, 3.05) is 52.1 Å². The molecule has 4 rings (SSSR count). The number of carbonyl (C=O) groups is 1. The second-order valence-electron chi connectivity index (χ2n) is 8.38. The van der Waals surface area contributed by atoms with Gasteiger partial charge in [-0.2, -0.15) is 4.31 Å². The topological polar surface area (TPSA) is 60.9 Å². The van der Waals surface area contributed by atoms with Gasteiger partial charge in [0.25, 0.3) is 5.91 Å². The average Bonchev–Trinajstić information content (AvgIpc) is 3.39. The van der Waals surface area contributed by atoms with Crippen molar-refractivity contribution in [1.29, 1.82) is 0 Å². The zero-order chi connectivity index (χ0) is 23.3. The van der Waals surface area contributed by atoms with E-state index in [0.717, 1.165) is 42.9 Å². The lowest BCUT2D eigenvalue weighted by molar-refractivity contribution is 0.0789. The van der Waals surface area contributed by atoms with E-state index >= 15 is 0 Å². The Balaban J connectivity index is 1.41. The molecule has 33 heavy (non-hydrogen) atoms. The fourth-order valence-corrected chi connectivity index (χ4v) is 6.33. The predicted octanol–water partition coefficient (Wildman–Crippen LogP) is 3.66. The van der Waals surface area contributed by atoms with E-state index in [2.05, 4.69) is 29.2 Å². The number of thioether (sulfide) groups is 1. The minimum Gasteiger partial charge on any atom is -0.339 e.